The molecule has 12 nitrogen and oxygen atoms in total. The first-order chi connectivity index (χ1) is 22.9. The average Bonchev–Trinajstić information content (AvgIpc) is 3.02. The third-order valence-corrected chi connectivity index (χ3v) is 8.56. The molecule has 2 amide bonds. The van der Waals surface area contributed by atoms with Crippen molar-refractivity contribution in [3.63, 3.8) is 0 Å². The number of rotatable bonds is 11. The zero-order valence-electron chi connectivity index (χ0n) is 26.9. The third kappa shape index (κ3) is 8.96. The molecule has 1 heterocycles. The number of carbonyl (C=O) groups is 3. The van der Waals surface area contributed by atoms with Crippen molar-refractivity contribution in [3.8, 4) is 5.69 Å². The molecular weight excluding hydrogens is 659 g/mol. The maximum absolute atomic E-state index is 15.0. The SMILES string of the molecule is [B]C(=O)[C@H](CCc1ccc(-n2c(=O)ccn(C)c2=O)cc1)NC(=O)c1cc(F)c(NS(=O)(=O)c2ccc(C(=O)NC(C)(C)C)cc2)cc1F. The zero-order valence-corrected chi connectivity index (χ0v) is 27.7. The Kier molecular flexibility index (Phi) is 10.7. The lowest BCUT2D eigenvalue weighted by Gasteiger charge is -2.20. The first-order valence-electron chi connectivity index (χ1n) is 14.8. The van der Waals surface area contributed by atoms with E-state index in [1.54, 1.807) is 32.9 Å². The van der Waals surface area contributed by atoms with E-state index in [1.165, 1.54) is 48.1 Å². The molecule has 254 valence electrons. The van der Waals surface area contributed by atoms with Crippen LogP contribution in [-0.2, 0) is 28.3 Å². The van der Waals surface area contributed by atoms with Gasteiger partial charge in [-0.25, -0.2) is 26.6 Å². The monoisotopic (exact) mass is 691 g/mol. The molecule has 2 radical (unpaired) electrons. The largest absolute Gasteiger partial charge is 0.347 e. The predicted octanol–water partition coefficient (Wildman–Crippen LogP) is 2.57. The summed E-state index contributed by atoms with van der Waals surface area (Å²) in [6, 6.07) is 12.0. The second kappa shape index (κ2) is 14.4. The number of carbonyl (C=O) groups excluding carboxylic acids is 3. The van der Waals surface area contributed by atoms with Crippen molar-refractivity contribution >= 4 is 41.1 Å². The first kappa shape index (κ1) is 36.5. The van der Waals surface area contributed by atoms with Crippen molar-refractivity contribution in [2.45, 2.75) is 50.1 Å². The fourth-order valence-electron chi connectivity index (χ4n) is 4.65. The minimum atomic E-state index is -4.44. The number of nitrogens with zero attached hydrogens (tertiary/aromatic N) is 2. The van der Waals surface area contributed by atoms with Gasteiger partial charge in [0, 0.05) is 36.5 Å². The van der Waals surface area contributed by atoms with Crippen molar-refractivity contribution in [1.29, 1.82) is 0 Å². The van der Waals surface area contributed by atoms with Crippen molar-refractivity contribution in [1.82, 2.24) is 19.8 Å². The minimum absolute atomic E-state index is 0.0356. The molecule has 0 fully saturated rings. The van der Waals surface area contributed by atoms with E-state index in [1.807, 2.05) is 4.72 Å². The molecule has 0 spiro atoms. The maximum atomic E-state index is 15.0. The van der Waals surface area contributed by atoms with Gasteiger partial charge in [0.1, 0.15) is 11.6 Å². The molecule has 0 saturated carbocycles. The Bertz CT molecular complexity index is 2140. The summed E-state index contributed by atoms with van der Waals surface area (Å²) in [6.07, 6.45) is 1.50. The topological polar surface area (TPSA) is 165 Å². The Morgan fingerprint density at radius 1 is 0.898 bits per heavy atom. The van der Waals surface area contributed by atoms with Crippen LogP contribution in [0.4, 0.5) is 14.5 Å². The van der Waals surface area contributed by atoms with Crippen LogP contribution in [0.3, 0.4) is 0 Å². The van der Waals surface area contributed by atoms with Gasteiger partial charge in [0.15, 0.2) is 7.85 Å². The number of hydrogen-bond acceptors (Lipinski definition) is 7. The fraction of sp³-hybridized carbons (Fsp3) is 0.242. The highest BCUT2D eigenvalue weighted by atomic mass is 32.2. The number of halogens is 2. The van der Waals surface area contributed by atoms with E-state index < -0.39 is 73.2 Å². The number of amides is 2. The summed E-state index contributed by atoms with van der Waals surface area (Å²) in [5.74, 6) is -4.17. The van der Waals surface area contributed by atoms with Gasteiger partial charge in [0.25, 0.3) is 27.4 Å². The minimum Gasteiger partial charge on any atom is -0.347 e. The summed E-state index contributed by atoms with van der Waals surface area (Å²) < 4.78 is 59.9. The zero-order chi connectivity index (χ0) is 36.3. The number of benzene rings is 3. The van der Waals surface area contributed by atoms with Gasteiger partial charge < -0.3 is 20.0 Å². The van der Waals surface area contributed by atoms with E-state index in [0.29, 0.717) is 23.4 Å². The number of sulfonamides is 1. The van der Waals surface area contributed by atoms with Crippen LogP contribution in [-0.4, -0.2) is 54.5 Å². The average molecular weight is 692 g/mol. The van der Waals surface area contributed by atoms with Gasteiger partial charge in [-0.15, -0.1) is 0 Å². The third-order valence-electron chi connectivity index (χ3n) is 7.18. The molecule has 0 saturated heterocycles. The second-order valence-corrected chi connectivity index (χ2v) is 13.8. The first-order valence-corrected chi connectivity index (χ1v) is 16.3. The highest BCUT2D eigenvalue weighted by molar-refractivity contribution is 7.92. The number of hydrogen-bond donors (Lipinski definition) is 3. The van der Waals surface area contributed by atoms with Crippen LogP contribution in [0.15, 0.2) is 87.4 Å². The highest BCUT2D eigenvalue weighted by Gasteiger charge is 2.24. The maximum Gasteiger partial charge on any atom is 0.335 e. The molecule has 0 aliphatic heterocycles. The fourth-order valence-corrected chi connectivity index (χ4v) is 5.71. The molecule has 0 bridgehead atoms. The quantitative estimate of drug-likeness (QED) is 0.204. The molecular formula is C33H32BF2N5O7S. The number of nitrogens with one attached hydrogen (secondary N) is 3. The molecule has 0 aliphatic carbocycles. The number of aryl methyl sites for hydroxylation is 2. The van der Waals surface area contributed by atoms with Crippen molar-refractivity contribution in [3.05, 3.63) is 122 Å². The molecule has 16 heteroatoms. The van der Waals surface area contributed by atoms with Crippen LogP contribution in [0, 0.1) is 11.6 Å². The molecule has 0 aliphatic rings. The van der Waals surface area contributed by atoms with Gasteiger partial charge in [-0.2, -0.15) is 0 Å². The standard InChI is InChI=1S/C33H32BF2N5O7S/c1-33(2,3)38-30(44)20-8-12-22(13-9-20)49(47,48)39-27-18-24(35)23(17-25(27)36)31(45)37-26(29(34)43)14-7-19-5-10-21(11-6-19)41-28(42)15-16-40(4)32(41)46/h5-6,8-13,15-18,26,39H,7,14H2,1-4H3,(H,37,45)(H,38,44)/t26-/m0/s1. The molecule has 49 heavy (non-hydrogen) atoms. The second-order valence-electron chi connectivity index (χ2n) is 12.2. The van der Waals surface area contributed by atoms with E-state index >= 15 is 4.39 Å². The van der Waals surface area contributed by atoms with Gasteiger partial charge in [0.05, 0.1) is 33.6 Å². The van der Waals surface area contributed by atoms with E-state index in [9.17, 15) is 36.8 Å². The normalized spacial score (nSPS) is 12.2. The summed E-state index contributed by atoms with van der Waals surface area (Å²) in [7, 11) is 2.51. The number of anilines is 1. The van der Waals surface area contributed by atoms with Crippen LogP contribution in [0.5, 0.6) is 0 Å². The van der Waals surface area contributed by atoms with Gasteiger partial charge in [-0.1, -0.05) is 12.1 Å². The van der Waals surface area contributed by atoms with Crippen LogP contribution in [0.1, 0.15) is 53.5 Å². The van der Waals surface area contributed by atoms with E-state index in [-0.39, 0.29) is 23.3 Å². The Morgan fingerprint density at radius 3 is 2.12 bits per heavy atom. The van der Waals surface area contributed by atoms with E-state index in [2.05, 4.69) is 10.6 Å². The Hall–Kier alpha value is -5.38. The van der Waals surface area contributed by atoms with E-state index in [4.69, 9.17) is 7.85 Å². The van der Waals surface area contributed by atoms with Crippen LogP contribution < -0.4 is 26.6 Å². The summed E-state index contributed by atoms with van der Waals surface area (Å²) in [4.78, 5) is 61.5. The Morgan fingerprint density at radius 2 is 1.53 bits per heavy atom. The van der Waals surface area contributed by atoms with Gasteiger partial charge >= 0.3 is 5.69 Å². The van der Waals surface area contributed by atoms with Crippen molar-refractivity contribution in [2.24, 2.45) is 7.05 Å². The number of aromatic nitrogens is 2. The van der Waals surface area contributed by atoms with Gasteiger partial charge in [-0.05, 0) is 81.6 Å². The molecule has 3 aromatic carbocycles. The molecule has 4 rings (SSSR count). The van der Waals surface area contributed by atoms with Crippen LogP contribution >= 0.6 is 0 Å². The lowest BCUT2D eigenvalue weighted by Crippen LogP contribution is -2.41. The lowest BCUT2D eigenvalue weighted by molar-refractivity contribution is -0.113. The smallest absolute Gasteiger partial charge is 0.335 e. The van der Waals surface area contributed by atoms with E-state index in [0.717, 1.165) is 16.7 Å². The molecule has 4 aromatic rings. The lowest BCUT2D eigenvalue weighted by atomic mass is 9.90. The molecule has 1 aromatic heterocycles. The summed E-state index contributed by atoms with van der Waals surface area (Å²) in [5.41, 5.74) is -2.97. The van der Waals surface area contributed by atoms with Crippen LogP contribution in [0.25, 0.3) is 5.69 Å². The van der Waals surface area contributed by atoms with Crippen LogP contribution in [0.2, 0.25) is 0 Å². The summed E-state index contributed by atoms with van der Waals surface area (Å²) >= 11 is 0. The van der Waals surface area contributed by atoms with Crippen molar-refractivity contribution in [2.75, 3.05) is 4.72 Å². The van der Waals surface area contributed by atoms with Gasteiger partial charge in [0.2, 0.25) is 0 Å². The molecule has 1 atom stereocenters. The Labute approximate surface area is 281 Å². The van der Waals surface area contributed by atoms with Gasteiger partial charge in [-0.3, -0.25) is 19.1 Å². The Balaban J connectivity index is 1.43. The summed E-state index contributed by atoms with van der Waals surface area (Å²) in [5, 5.41) is 5.00. The molecule has 0 unspecified atom stereocenters. The van der Waals surface area contributed by atoms with Crippen molar-refractivity contribution < 1.29 is 31.6 Å². The summed E-state index contributed by atoms with van der Waals surface area (Å²) in [6.45, 7) is 5.33. The molecule has 3 N–H and O–H groups in total. The predicted molar refractivity (Wildman–Crippen MR) is 178 cm³/mol. The highest BCUT2D eigenvalue weighted by Crippen LogP contribution is 2.24.